The highest BCUT2D eigenvalue weighted by Crippen LogP contribution is 2.39. The van der Waals surface area contributed by atoms with Gasteiger partial charge in [0, 0.05) is 29.8 Å². The first kappa shape index (κ1) is 21.3. The van der Waals surface area contributed by atoms with Crippen LogP contribution < -0.4 is 5.32 Å². The first-order valence-electron chi connectivity index (χ1n) is 11.0. The van der Waals surface area contributed by atoms with Crippen molar-refractivity contribution in [2.45, 2.75) is 45.6 Å². The fourth-order valence-electron chi connectivity index (χ4n) is 4.81. The van der Waals surface area contributed by atoms with Gasteiger partial charge in [-0.25, -0.2) is 19.0 Å². The predicted octanol–water partition coefficient (Wildman–Crippen LogP) is 3.97. The van der Waals surface area contributed by atoms with Gasteiger partial charge in [-0.3, -0.25) is 4.68 Å². The topological polar surface area (TPSA) is 93.7 Å². The van der Waals surface area contributed by atoms with Gasteiger partial charge >= 0.3 is 0 Å². The molecule has 1 aromatic carbocycles. The van der Waals surface area contributed by atoms with E-state index in [-0.39, 0.29) is 5.82 Å². The number of hydrogen-bond acceptors (Lipinski definition) is 6. The minimum Gasteiger partial charge on any atom is -0.385 e. The van der Waals surface area contributed by atoms with Gasteiger partial charge in [0.15, 0.2) is 11.6 Å². The zero-order chi connectivity index (χ0) is 23.3. The van der Waals surface area contributed by atoms with Crippen LogP contribution in [0.2, 0.25) is 0 Å². The maximum absolute atomic E-state index is 13.4. The molecular formula is C24H26FN7O. The monoisotopic (exact) mass is 447 g/mol. The molecule has 1 atom stereocenters. The lowest BCUT2D eigenvalue weighted by molar-refractivity contribution is 0.0586. The molecule has 0 aliphatic heterocycles. The number of anilines is 2. The lowest BCUT2D eigenvalue weighted by Crippen LogP contribution is -2.17. The molecule has 8 nitrogen and oxygen atoms in total. The van der Waals surface area contributed by atoms with Gasteiger partial charge in [-0.2, -0.15) is 10.2 Å². The van der Waals surface area contributed by atoms with E-state index in [1.165, 1.54) is 18.5 Å². The summed E-state index contributed by atoms with van der Waals surface area (Å²) >= 11 is 0. The van der Waals surface area contributed by atoms with Crippen molar-refractivity contribution in [1.82, 2.24) is 29.5 Å². The molecule has 0 saturated heterocycles. The predicted molar refractivity (Wildman–Crippen MR) is 123 cm³/mol. The van der Waals surface area contributed by atoms with Crippen molar-refractivity contribution in [2.24, 2.45) is 7.05 Å². The van der Waals surface area contributed by atoms with Gasteiger partial charge in [-0.1, -0.05) is 6.92 Å². The van der Waals surface area contributed by atoms with Gasteiger partial charge < -0.3 is 10.4 Å². The summed E-state index contributed by atoms with van der Waals surface area (Å²) < 4.78 is 17.0. The van der Waals surface area contributed by atoms with Crippen LogP contribution in [0.4, 0.5) is 16.0 Å². The molecule has 5 rings (SSSR count). The summed E-state index contributed by atoms with van der Waals surface area (Å²) in [5.74, 6) is 1.63. The van der Waals surface area contributed by atoms with Crippen molar-refractivity contribution in [1.29, 1.82) is 0 Å². The van der Waals surface area contributed by atoms with Gasteiger partial charge in [-0.15, -0.1) is 0 Å². The maximum atomic E-state index is 13.4. The zero-order valence-electron chi connectivity index (χ0n) is 19.1. The number of aryl methyl sites for hydroxylation is 2. The smallest absolute Gasteiger partial charge is 0.159 e. The average molecular weight is 448 g/mol. The third-order valence-electron chi connectivity index (χ3n) is 6.28. The van der Waals surface area contributed by atoms with Crippen LogP contribution in [-0.2, 0) is 25.5 Å². The molecule has 0 radical (unpaired) electrons. The van der Waals surface area contributed by atoms with Gasteiger partial charge in [0.25, 0.3) is 0 Å². The molecule has 1 aliphatic carbocycles. The first-order valence-corrected chi connectivity index (χ1v) is 11.0. The highest BCUT2D eigenvalue weighted by Gasteiger charge is 2.38. The summed E-state index contributed by atoms with van der Waals surface area (Å²) in [6.07, 6.45) is 3.62. The standard InChI is InChI=1S/C24H26FN7O/c1-5-17-22(15-6-8-16(25)9-7-15)31(4)30-23(17)28-19-12-20(27-13-26-19)32-18-10-11-24(3,33)21(18)14(2)29-32/h6-9,12-13,33H,5,10-11H2,1-4H3,(H,26,27,28,30). The third kappa shape index (κ3) is 3.58. The Hall–Kier alpha value is -3.59. The number of benzene rings is 1. The Labute approximate surface area is 191 Å². The minimum absolute atomic E-state index is 0.271. The van der Waals surface area contributed by atoms with Crippen molar-refractivity contribution in [2.75, 3.05) is 5.32 Å². The van der Waals surface area contributed by atoms with E-state index in [1.807, 2.05) is 27.0 Å². The molecule has 1 unspecified atom stereocenters. The number of halogens is 1. The molecular weight excluding hydrogens is 421 g/mol. The number of aromatic nitrogens is 6. The highest BCUT2D eigenvalue weighted by atomic mass is 19.1. The minimum atomic E-state index is -0.869. The van der Waals surface area contributed by atoms with E-state index in [9.17, 15) is 9.50 Å². The molecule has 0 fully saturated rings. The number of hydrogen-bond donors (Lipinski definition) is 2. The summed E-state index contributed by atoms with van der Waals surface area (Å²) in [7, 11) is 1.87. The molecule has 0 amide bonds. The molecule has 1 aliphatic rings. The Kier molecular flexibility index (Phi) is 5.01. The number of aliphatic hydroxyl groups is 1. The van der Waals surface area contributed by atoms with Crippen molar-refractivity contribution in [3.8, 4) is 17.1 Å². The molecule has 33 heavy (non-hydrogen) atoms. The molecule has 0 spiro atoms. The summed E-state index contributed by atoms with van der Waals surface area (Å²) in [5, 5.41) is 23.3. The van der Waals surface area contributed by atoms with Crippen LogP contribution in [0.5, 0.6) is 0 Å². The van der Waals surface area contributed by atoms with Gasteiger partial charge in [0.05, 0.1) is 22.7 Å². The summed E-state index contributed by atoms with van der Waals surface area (Å²) in [4.78, 5) is 8.79. The second-order valence-corrected chi connectivity index (χ2v) is 8.64. The average Bonchev–Trinajstić information content (AvgIpc) is 3.40. The van der Waals surface area contributed by atoms with E-state index in [2.05, 4.69) is 32.4 Å². The largest absolute Gasteiger partial charge is 0.385 e. The van der Waals surface area contributed by atoms with Crippen LogP contribution in [0, 0.1) is 12.7 Å². The first-order chi connectivity index (χ1) is 15.8. The van der Waals surface area contributed by atoms with Crippen molar-refractivity contribution >= 4 is 11.6 Å². The molecule has 9 heteroatoms. The van der Waals surface area contributed by atoms with Crippen LogP contribution in [0.3, 0.4) is 0 Å². The number of rotatable bonds is 5. The SMILES string of the molecule is CCc1c(Nc2cc(-n3nc(C)c4c3CCC4(C)O)ncn2)nn(C)c1-c1ccc(F)cc1. The van der Waals surface area contributed by atoms with E-state index in [1.54, 1.807) is 21.5 Å². The second-order valence-electron chi connectivity index (χ2n) is 8.64. The van der Waals surface area contributed by atoms with Crippen molar-refractivity contribution < 1.29 is 9.50 Å². The normalized spacial score (nSPS) is 17.4. The Bertz CT molecular complexity index is 1340. The highest BCUT2D eigenvalue weighted by molar-refractivity contribution is 5.72. The zero-order valence-corrected chi connectivity index (χ0v) is 19.1. The number of nitrogens with zero attached hydrogens (tertiary/aromatic N) is 6. The maximum Gasteiger partial charge on any atom is 0.159 e. The molecule has 170 valence electrons. The quantitative estimate of drug-likeness (QED) is 0.481. The summed E-state index contributed by atoms with van der Waals surface area (Å²) in [6, 6.07) is 8.24. The van der Waals surface area contributed by atoms with Crippen molar-refractivity contribution in [3.63, 3.8) is 0 Å². The third-order valence-corrected chi connectivity index (χ3v) is 6.28. The van der Waals surface area contributed by atoms with E-state index >= 15 is 0 Å². The molecule has 3 heterocycles. The Morgan fingerprint density at radius 2 is 1.94 bits per heavy atom. The Morgan fingerprint density at radius 1 is 1.18 bits per heavy atom. The molecule has 0 saturated carbocycles. The fourth-order valence-corrected chi connectivity index (χ4v) is 4.81. The number of fused-ring (bicyclic) bond motifs is 1. The van der Waals surface area contributed by atoms with Gasteiger partial charge in [0.2, 0.25) is 0 Å². The summed E-state index contributed by atoms with van der Waals surface area (Å²) in [5.41, 5.74) is 4.64. The van der Waals surface area contributed by atoms with E-state index in [0.29, 0.717) is 23.9 Å². The van der Waals surface area contributed by atoms with Crippen LogP contribution >= 0.6 is 0 Å². The summed E-state index contributed by atoms with van der Waals surface area (Å²) in [6.45, 7) is 5.80. The Balaban J connectivity index is 1.50. The van der Waals surface area contributed by atoms with Crippen molar-refractivity contribution in [3.05, 3.63) is 65.0 Å². The van der Waals surface area contributed by atoms with Crippen LogP contribution in [0.25, 0.3) is 17.1 Å². The second kappa shape index (κ2) is 7.77. The number of nitrogens with one attached hydrogen (secondary N) is 1. The van der Waals surface area contributed by atoms with Crippen LogP contribution in [-0.4, -0.2) is 34.6 Å². The van der Waals surface area contributed by atoms with Crippen LogP contribution in [0.15, 0.2) is 36.7 Å². The van der Waals surface area contributed by atoms with Crippen LogP contribution in [0.1, 0.15) is 42.8 Å². The molecule has 3 aromatic heterocycles. The van der Waals surface area contributed by atoms with E-state index < -0.39 is 5.60 Å². The Morgan fingerprint density at radius 3 is 2.67 bits per heavy atom. The van der Waals surface area contributed by atoms with Gasteiger partial charge in [-0.05, 0) is 57.4 Å². The molecule has 2 N–H and O–H groups in total. The fraction of sp³-hybridized carbons (Fsp3) is 0.333. The lowest BCUT2D eigenvalue weighted by atomic mass is 9.99. The molecule has 0 bridgehead atoms. The van der Waals surface area contributed by atoms with E-state index in [0.717, 1.165) is 46.6 Å². The molecule has 4 aromatic rings. The van der Waals surface area contributed by atoms with Gasteiger partial charge in [0.1, 0.15) is 18.0 Å². The lowest BCUT2D eigenvalue weighted by Gasteiger charge is -2.15. The van der Waals surface area contributed by atoms with E-state index in [4.69, 9.17) is 0 Å².